The van der Waals surface area contributed by atoms with Crippen LogP contribution in [-0.2, 0) is 16.0 Å². The maximum absolute atomic E-state index is 13.1. The normalized spacial score (nSPS) is 29.8. The molecule has 3 rings (SSSR count). The number of aliphatic hydroxyl groups excluding tert-OH is 1. The highest BCUT2D eigenvalue weighted by Crippen LogP contribution is 2.49. The average molecular weight is 445 g/mol. The molecular formula is C24H35F3O4. The Hall–Kier alpha value is -1.60. The molecule has 2 saturated carbocycles. The molecule has 0 radical (unpaired) electrons. The predicted octanol–water partition coefficient (Wildman–Crippen LogP) is 5.36. The molecule has 3 atom stereocenters. The topological polar surface area (TPSA) is 55.8 Å². The molecule has 7 heteroatoms. The lowest BCUT2D eigenvalue weighted by Crippen LogP contribution is -2.46. The van der Waals surface area contributed by atoms with Gasteiger partial charge in [-0.2, -0.15) is 13.2 Å². The molecule has 2 fully saturated rings. The summed E-state index contributed by atoms with van der Waals surface area (Å²) in [6.45, 7) is 2.99. The van der Waals surface area contributed by atoms with Gasteiger partial charge in [-0.15, -0.1) is 0 Å². The maximum atomic E-state index is 13.1. The predicted molar refractivity (Wildman–Crippen MR) is 113 cm³/mol. The summed E-state index contributed by atoms with van der Waals surface area (Å²) in [5, 5.41) is 9.76. The molecule has 0 amide bonds. The van der Waals surface area contributed by atoms with Gasteiger partial charge >= 0.3 is 6.18 Å². The Balaban J connectivity index is 0.00000107. The second-order valence-corrected chi connectivity index (χ2v) is 9.02. The van der Waals surface area contributed by atoms with Crippen molar-refractivity contribution in [3.63, 3.8) is 0 Å². The van der Waals surface area contributed by atoms with Gasteiger partial charge in [0.1, 0.15) is 11.5 Å². The summed E-state index contributed by atoms with van der Waals surface area (Å²) in [5.41, 5.74) is 0.757. The fourth-order valence-electron chi connectivity index (χ4n) is 4.74. The Morgan fingerprint density at radius 3 is 2.13 bits per heavy atom. The third kappa shape index (κ3) is 6.69. The van der Waals surface area contributed by atoms with Gasteiger partial charge in [0.05, 0.1) is 6.10 Å². The SMILES string of the molecule is CC1C(=O)C2(CCC(O)CC2)CCC1Cc1ccc(O[C@@H](C)C(F)(F)F)cc1.COC. The van der Waals surface area contributed by atoms with Gasteiger partial charge in [-0.25, -0.2) is 0 Å². The third-order valence-corrected chi connectivity index (χ3v) is 6.74. The van der Waals surface area contributed by atoms with E-state index in [9.17, 15) is 23.1 Å². The third-order valence-electron chi connectivity index (χ3n) is 6.74. The molecule has 0 aliphatic heterocycles. The fraction of sp³-hybridized carbons (Fsp3) is 0.708. The van der Waals surface area contributed by atoms with Crippen molar-refractivity contribution in [3.8, 4) is 5.75 Å². The fourth-order valence-corrected chi connectivity index (χ4v) is 4.74. The van der Waals surface area contributed by atoms with Crippen LogP contribution in [-0.4, -0.2) is 43.5 Å². The summed E-state index contributed by atoms with van der Waals surface area (Å²) in [7, 11) is 3.25. The Bertz CT molecular complexity index is 694. The molecule has 1 aromatic carbocycles. The minimum atomic E-state index is -4.39. The first-order valence-corrected chi connectivity index (χ1v) is 11.0. The number of halogens is 3. The highest BCUT2D eigenvalue weighted by atomic mass is 19.4. The molecule has 31 heavy (non-hydrogen) atoms. The number of methoxy groups -OCH3 is 1. The first kappa shape index (κ1) is 25.7. The van der Waals surface area contributed by atoms with E-state index in [0.29, 0.717) is 18.6 Å². The Morgan fingerprint density at radius 2 is 1.61 bits per heavy atom. The summed E-state index contributed by atoms with van der Waals surface area (Å²) in [6.07, 6.45) is -0.943. The van der Waals surface area contributed by atoms with Crippen LogP contribution in [0.2, 0.25) is 0 Å². The van der Waals surface area contributed by atoms with E-state index in [4.69, 9.17) is 4.74 Å². The molecule has 2 aliphatic carbocycles. The molecule has 2 aliphatic rings. The number of carbonyl (C=O) groups is 1. The number of ether oxygens (including phenoxy) is 2. The standard InChI is InChI=1S/C22H29F3O3.C2H6O/c1-14-17(7-10-21(20(14)27)11-8-18(26)9-12-21)13-16-3-5-19(6-4-16)28-15(2)22(23,24)25;1-3-2/h3-6,14-15,17-18,26H,7-13H2,1-2H3;1-2H3/t14?,15-,17?,18?,21?;/m0./s1. The lowest BCUT2D eigenvalue weighted by Gasteiger charge is -2.45. The Kier molecular flexibility index (Phi) is 8.95. The lowest BCUT2D eigenvalue weighted by molar-refractivity contribution is -0.189. The number of carbonyl (C=O) groups excluding carboxylic acids is 1. The first-order chi connectivity index (χ1) is 14.5. The summed E-state index contributed by atoms with van der Waals surface area (Å²) < 4.78 is 47.0. The molecule has 0 aromatic heterocycles. The zero-order chi connectivity index (χ0) is 23.2. The monoisotopic (exact) mass is 444 g/mol. The molecule has 1 spiro atoms. The van der Waals surface area contributed by atoms with E-state index < -0.39 is 12.3 Å². The van der Waals surface area contributed by atoms with E-state index in [1.54, 1.807) is 38.5 Å². The van der Waals surface area contributed by atoms with E-state index >= 15 is 0 Å². The van der Waals surface area contributed by atoms with E-state index in [0.717, 1.165) is 44.6 Å². The van der Waals surface area contributed by atoms with Crippen molar-refractivity contribution in [2.75, 3.05) is 14.2 Å². The van der Waals surface area contributed by atoms with Crippen LogP contribution in [0.4, 0.5) is 13.2 Å². The molecule has 0 saturated heterocycles. The van der Waals surface area contributed by atoms with Gasteiger partial charge in [-0.05, 0) is 75.5 Å². The minimum Gasteiger partial charge on any atom is -0.481 e. The number of rotatable bonds is 4. The average Bonchev–Trinajstić information content (AvgIpc) is 2.72. The number of alkyl halides is 3. The van der Waals surface area contributed by atoms with Crippen LogP contribution in [0.1, 0.15) is 57.9 Å². The van der Waals surface area contributed by atoms with Crippen LogP contribution in [0, 0.1) is 17.3 Å². The zero-order valence-electron chi connectivity index (χ0n) is 18.9. The van der Waals surface area contributed by atoms with Crippen LogP contribution in [0.15, 0.2) is 24.3 Å². The van der Waals surface area contributed by atoms with Crippen molar-refractivity contribution in [1.29, 1.82) is 0 Å². The van der Waals surface area contributed by atoms with E-state index in [2.05, 4.69) is 4.74 Å². The van der Waals surface area contributed by atoms with Crippen molar-refractivity contribution in [2.24, 2.45) is 17.3 Å². The number of Topliss-reactive ketones (excluding diaryl/α,β-unsaturated/α-hetero) is 1. The molecule has 176 valence electrons. The van der Waals surface area contributed by atoms with Crippen LogP contribution < -0.4 is 4.74 Å². The minimum absolute atomic E-state index is 0.0369. The highest BCUT2D eigenvalue weighted by Gasteiger charge is 2.47. The summed E-state index contributed by atoms with van der Waals surface area (Å²) in [5.74, 6) is 0.728. The number of hydrogen-bond acceptors (Lipinski definition) is 4. The van der Waals surface area contributed by atoms with Crippen LogP contribution >= 0.6 is 0 Å². The first-order valence-electron chi connectivity index (χ1n) is 11.0. The molecule has 1 aromatic rings. The summed E-state index contributed by atoms with van der Waals surface area (Å²) in [4.78, 5) is 13.1. The van der Waals surface area contributed by atoms with Crippen molar-refractivity contribution in [2.45, 2.75) is 77.2 Å². The maximum Gasteiger partial charge on any atom is 0.425 e. The van der Waals surface area contributed by atoms with Gasteiger partial charge in [0, 0.05) is 25.6 Å². The largest absolute Gasteiger partial charge is 0.481 e. The van der Waals surface area contributed by atoms with E-state index in [-0.39, 0.29) is 29.1 Å². The quantitative estimate of drug-likeness (QED) is 0.680. The van der Waals surface area contributed by atoms with Crippen molar-refractivity contribution in [3.05, 3.63) is 29.8 Å². The second kappa shape index (κ2) is 10.8. The van der Waals surface area contributed by atoms with Gasteiger partial charge in [-0.1, -0.05) is 19.1 Å². The highest BCUT2D eigenvalue weighted by molar-refractivity contribution is 5.88. The van der Waals surface area contributed by atoms with E-state index in [1.165, 1.54) is 0 Å². The molecule has 1 N–H and O–H groups in total. The molecule has 4 nitrogen and oxygen atoms in total. The smallest absolute Gasteiger partial charge is 0.425 e. The van der Waals surface area contributed by atoms with Crippen LogP contribution in [0.5, 0.6) is 5.75 Å². The van der Waals surface area contributed by atoms with Crippen molar-refractivity contribution >= 4 is 5.78 Å². The van der Waals surface area contributed by atoms with Gasteiger partial charge in [-0.3, -0.25) is 4.79 Å². The van der Waals surface area contributed by atoms with Crippen molar-refractivity contribution < 1.29 is 32.5 Å². The summed E-state index contributed by atoms with van der Waals surface area (Å²) in [6, 6.07) is 6.71. The number of aliphatic hydroxyl groups is 1. The molecule has 2 unspecified atom stereocenters. The number of benzene rings is 1. The van der Waals surface area contributed by atoms with Crippen molar-refractivity contribution in [1.82, 2.24) is 0 Å². The van der Waals surface area contributed by atoms with Crippen LogP contribution in [0.25, 0.3) is 0 Å². The van der Waals surface area contributed by atoms with Gasteiger partial charge in [0.25, 0.3) is 0 Å². The van der Waals surface area contributed by atoms with Gasteiger partial charge in [0.15, 0.2) is 6.10 Å². The van der Waals surface area contributed by atoms with Gasteiger partial charge < -0.3 is 14.6 Å². The van der Waals surface area contributed by atoms with Gasteiger partial charge in [0.2, 0.25) is 0 Å². The van der Waals surface area contributed by atoms with Crippen LogP contribution in [0.3, 0.4) is 0 Å². The Labute approximate surface area is 183 Å². The zero-order valence-corrected chi connectivity index (χ0v) is 18.9. The second-order valence-electron chi connectivity index (χ2n) is 9.02. The number of hydrogen-bond donors (Lipinski definition) is 1. The molecular weight excluding hydrogens is 409 g/mol. The molecule has 0 bridgehead atoms. The molecule has 0 heterocycles. The van der Waals surface area contributed by atoms with E-state index in [1.807, 2.05) is 6.92 Å². The lowest BCUT2D eigenvalue weighted by atomic mass is 9.58. The Morgan fingerprint density at radius 1 is 1.10 bits per heavy atom. The number of ketones is 1. The summed E-state index contributed by atoms with van der Waals surface area (Å²) >= 11 is 0.